The number of hydrogen-bond donors (Lipinski definition) is 1. The molecule has 15 heavy (non-hydrogen) atoms. The number of allylic oxidation sites excluding steroid dienone is 1. The maximum Gasteiger partial charge on any atom is 0.0135 e. The van der Waals surface area contributed by atoms with Gasteiger partial charge in [-0.25, -0.2) is 0 Å². The molecular formula is C13H26N2. The smallest absolute Gasteiger partial charge is 0.0135 e. The highest BCUT2D eigenvalue weighted by Crippen LogP contribution is 2.29. The molecule has 1 rings (SSSR count). The average molecular weight is 210 g/mol. The molecule has 88 valence electrons. The minimum atomic E-state index is 0.744. The standard InChI is InChI=1S/C13H26N2/c1-3-5-6-10-15(4-2)13-9-7-8-12(13)11-14/h3,12-13H,1,4-11,14H2,2H3. The van der Waals surface area contributed by atoms with Crippen molar-refractivity contribution in [2.75, 3.05) is 19.6 Å². The quantitative estimate of drug-likeness (QED) is 0.516. The van der Waals surface area contributed by atoms with Crippen LogP contribution in [0.15, 0.2) is 12.7 Å². The largest absolute Gasteiger partial charge is 0.330 e. The van der Waals surface area contributed by atoms with Crippen molar-refractivity contribution < 1.29 is 0 Å². The topological polar surface area (TPSA) is 29.3 Å². The fraction of sp³-hybridized carbons (Fsp3) is 0.846. The molecule has 2 unspecified atom stereocenters. The molecule has 0 aromatic carbocycles. The summed E-state index contributed by atoms with van der Waals surface area (Å²) in [5.41, 5.74) is 5.83. The Hall–Kier alpha value is -0.340. The molecule has 2 atom stereocenters. The molecule has 1 fully saturated rings. The molecule has 2 N–H and O–H groups in total. The molecule has 0 radical (unpaired) electrons. The van der Waals surface area contributed by atoms with Crippen molar-refractivity contribution in [3.8, 4) is 0 Å². The second-order valence-electron chi connectivity index (χ2n) is 4.55. The normalized spacial score (nSPS) is 26.1. The van der Waals surface area contributed by atoms with E-state index in [0.717, 1.165) is 31.5 Å². The number of nitrogens with zero attached hydrogens (tertiary/aromatic N) is 1. The highest BCUT2D eigenvalue weighted by Gasteiger charge is 2.29. The van der Waals surface area contributed by atoms with E-state index in [2.05, 4.69) is 18.4 Å². The first-order chi connectivity index (χ1) is 7.33. The Morgan fingerprint density at radius 3 is 2.87 bits per heavy atom. The van der Waals surface area contributed by atoms with Crippen molar-refractivity contribution in [3.05, 3.63) is 12.7 Å². The van der Waals surface area contributed by atoms with Crippen molar-refractivity contribution >= 4 is 0 Å². The van der Waals surface area contributed by atoms with Gasteiger partial charge in [-0.15, -0.1) is 6.58 Å². The zero-order chi connectivity index (χ0) is 11.1. The summed E-state index contributed by atoms with van der Waals surface area (Å²) < 4.78 is 0. The van der Waals surface area contributed by atoms with Crippen LogP contribution in [0.4, 0.5) is 0 Å². The van der Waals surface area contributed by atoms with Crippen LogP contribution in [0.1, 0.15) is 39.0 Å². The van der Waals surface area contributed by atoms with E-state index in [4.69, 9.17) is 5.73 Å². The van der Waals surface area contributed by atoms with Gasteiger partial charge in [-0.3, -0.25) is 0 Å². The summed E-state index contributed by atoms with van der Waals surface area (Å²) in [7, 11) is 0. The summed E-state index contributed by atoms with van der Waals surface area (Å²) in [5, 5.41) is 0. The van der Waals surface area contributed by atoms with Gasteiger partial charge in [-0.05, 0) is 51.2 Å². The van der Waals surface area contributed by atoms with Gasteiger partial charge in [0, 0.05) is 6.04 Å². The Morgan fingerprint density at radius 1 is 1.47 bits per heavy atom. The van der Waals surface area contributed by atoms with Crippen LogP contribution in [0.2, 0.25) is 0 Å². The number of hydrogen-bond acceptors (Lipinski definition) is 2. The summed E-state index contributed by atoms with van der Waals surface area (Å²) in [5.74, 6) is 0.744. The molecule has 0 bridgehead atoms. The Balaban J connectivity index is 2.38. The Labute approximate surface area is 94.5 Å². The van der Waals surface area contributed by atoms with Gasteiger partial charge >= 0.3 is 0 Å². The van der Waals surface area contributed by atoms with E-state index in [9.17, 15) is 0 Å². The van der Waals surface area contributed by atoms with E-state index in [-0.39, 0.29) is 0 Å². The van der Waals surface area contributed by atoms with Gasteiger partial charge in [0.1, 0.15) is 0 Å². The maximum absolute atomic E-state index is 5.83. The molecule has 1 aliphatic rings. The Bertz CT molecular complexity index is 179. The van der Waals surface area contributed by atoms with Gasteiger partial charge in [0.15, 0.2) is 0 Å². The van der Waals surface area contributed by atoms with Crippen LogP contribution in [0.25, 0.3) is 0 Å². The van der Waals surface area contributed by atoms with Crippen LogP contribution in [-0.2, 0) is 0 Å². The van der Waals surface area contributed by atoms with Crippen LogP contribution in [0, 0.1) is 5.92 Å². The molecule has 1 saturated carbocycles. The highest BCUT2D eigenvalue weighted by atomic mass is 15.2. The zero-order valence-corrected chi connectivity index (χ0v) is 10.1. The number of nitrogens with two attached hydrogens (primary N) is 1. The molecule has 0 spiro atoms. The molecule has 1 aliphatic carbocycles. The van der Waals surface area contributed by atoms with Crippen LogP contribution >= 0.6 is 0 Å². The van der Waals surface area contributed by atoms with E-state index in [1.165, 1.54) is 32.2 Å². The number of unbranched alkanes of at least 4 members (excludes halogenated alkanes) is 1. The highest BCUT2D eigenvalue weighted by molar-refractivity contribution is 4.85. The lowest BCUT2D eigenvalue weighted by molar-refractivity contribution is 0.169. The van der Waals surface area contributed by atoms with E-state index >= 15 is 0 Å². The summed E-state index contributed by atoms with van der Waals surface area (Å²) in [4.78, 5) is 2.62. The van der Waals surface area contributed by atoms with Crippen LogP contribution in [-0.4, -0.2) is 30.6 Å². The van der Waals surface area contributed by atoms with Gasteiger partial charge in [0.05, 0.1) is 0 Å². The molecular weight excluding hydrogens is 184 g/mol. The SMILES string of the molecule is C=CCCCN(CC)C1CCCC1CN. The summed E-state index contributed by atoms with van der Waals surface area (Å²) in [6.45, 7) is 9.28. The van der Waals surface area contributed by atoms with Crippen LogP contribution < -0.4 is 5.73 Å². The van der Waals surface area contributed by atoms with Crippen molar-refractivity contribution in [1.29, 1.82) is 0 Å². The predicted octanol–water partition coefficient (Wildman–Crippen LogP) is 2.40. The van der Waals surface area contributed by atoms with E-state index < -0.39 is 0 Å². The van der Waals surface area contributed by atoms with Gasteiger partial charge in [-0.1, -0.05) is 19.4 Å². The van der Waals surface area contributed by atoms with Crippen molar-refractivity contribution in [1.82, 2.24) is 4.90 Å². The minimum Gasteiger partial charge on any atom is -0.330 e. The van der Waals surface area contributed by atoms with Gasteiger partial charge in [-0.2, -0.15) is 0 Å². The first kappa shape index (κ1) is 12.7. The Kier molecular flexibility index (Phi) is 5.96. The third-order valence-electron chi connectivity index (χ3n) is 3.65. The molecule has 0 amide bonds. The molecule has 0 aromatic rings. The van der Waals surface area contributed by atoms with Crippen LogP contribution in [0.5, 0.6) is 0 Å². The van der Waals surface area contributed by atoms with Gasteiger partial charge < -0.3 is 10.6 Å². The zero-order valence-electron chi connectivity index (χ0n) is 10.1. The summed E-state index contributed by atoms with van der Waals surface area (Å²) >= 11 is 0. The van der Waals surface area contributed by atoms with Gasteiger partial charge in [0.25, 0.3) is 0 Å². The second-order valence-corrected chi connectivity index (χ2v) is 4.55. The molecule has 0 heterocycles. The first-order valence-electron chi connectivity index (χ1n) is 6.38. The van der Waals surface area contributed by atoms with Crippen LogP contribution in [0.3, 0.4) is 0 Å². The van der Waals surface area contributed by atoms with Crippen molar-refractivity contribution in [2.24, 2.45) is 11.7 Å². The summed E-state index contributed by atoms with van der Waals surface area (Å²) in [6, 6.07) is 0.754. The second kappa shape index (κ2) is 7.02. The lowest BCUT2D eigenvalue weighted by Crippen LogP contribution is -2.40. The third-order valence-corrected chi connectivity index (χ3v) is 3.65. The van der Waals surface area contributed by atoms with Crippen molar-refractivity contribution in [3.63, 3.8) is 0 Å². The lowest BCUT2D eigenvalue weighted by atomic mass is 10.0. The predicted molar refractivity (Wildman–Crippen MR) is 66.9 cm³/mol. The minimum absolute atomic E-state index is 0.744. The average Bonchev–Trinajstić information content (AvgIpc) is 2.72. The van der Waals surface area contributed by atoms with E-state index in [1.54, 1.807) is 0 Å². The summed E-state index contributed by atoms with van der Waals surface area (Å²) in [6.07, 6.45) is 8.44. The number of rotatable bonds is 7. The molecule has 0 aliphatic heterocycles. The maximum atomic E-state index is 5.83. The van der Waals surface area contributed by atoms with Crippen molar-refractivity contribution in [2.45, 2.75) is 45.1 Å². The third kappa shape index (κ3) is 3.62. The van der Waals surface area contributed by atoms with Gasteiger partial charge in [0.2, 0.25) is 0 Å². The van der Waals surface area contributed by atoms with E-state index in [1.807, 2.05) is 6.08 Å². The van der Waals surface area contributed by atoms with E-state index in [0.29, 0.717) is 0 Å². The molecule has 0 saturated heterocycles. The monoisotopic (exact) mass is 210 g/mol. The lowest BCUT2D eigenvalue weighted by Gasteiger charge is -2.31. The fourth-order valence-electron chi connectivity index (χ4n) is 2.77. The molecule has 2 nitrogen and oxygen atoms in total. The molecule has 0 aromatic heterocycles. The fourth-order valence-corrected chi connectivity index (χ4v) is 2.77. The molecule has 2 heteroatoms. The first-order valence-corrected chi connectivity index (χ1v) is 6.38. The Morgan fingerprint density at radius 2 is 2.27 bits per heavy atom.